The molecule has 6 nitrogen and oxygen atoms in total. The number of anilines is 1. The lowest BCUT2D eigenvalue weighted by Gasteiger charge is -2.36. The molecule has 0 aromatic heterocycles. The molecule has 0 spiro atoms. The van der Waals surface area contributed by atoms with Crippen molar-refractivity contribution in [2.24, 2.45) is 0 Å². The van der Waals surface area contributed by atoms with Crippen molar-refractivity contribution in [2.75, 3.05) is 38.2 Å². The first kappa shape index (κ1) is 18.8. The van der Waals surface area contributed by atoms with Gasteiger partial charge in [-0.05, 0) is 36.2 Å². The highest BCUT2D eigenvalue weighted by Gasteiger charge is 2.21. The molecular formula is C21H25N3O3. The first-order valence-electron chi connectivity index (χ1n) is 9.09. The molecule has 1 aliphatic rings. The van der Waals surface area contributed by atoms with Gasteiger partial charge in [-0.25, -0.2) is 9.59 Å². The molecule has 1 saturated heterocycles. The van der Waals surface area contributed by atoms with E-state index in [-0.39, 0.29) is 12.0 Å². The third-order valence-corrected chi connectivity index (χ3v) is 4.89. The number of rotatable bonds is 4. The summed E-state index contributed by atoms with van der Waals surface area (Å²) in [6.07, 6.45) is 0. The number of aryl methyl sites for hydroxylation is 1. The summed E-state index contributed by atoms with van der Waals surface area (Å²) in [5.41, 5.74) is 3.81. The highest BCUT2D eigenvalue weighted by atomic mass is 16.5. The molecule has 0 radical (unpaired) electrons. The van der Waals surface area contributed by atoms with Gasteiger partial charge in [-0.2, -0.15) is 0 Å². The lowest BCUT2D eigenvalue weighted by molar-refractivity contribution is 0.0600. The van der Waals surface area contributed by atoms with E-state index in [0.717, 1.165) is 24.3 Å². The van der Waals surface area contributed by atoms with E-state index >= 15 is 0 Å². The van der Waals surface area contributed by atoms with Gasteiger partial charge in [0, 0.05) is 38.4 Å². The molecule has 1 heterocycles. The molecular weight excluding hydrogens is 342 g/mol. The Morgan fingerprint density at radius 3 is 2.48 bits per heavy atom. The maximum Gasteiger partial charge on any atom is 0.337 e. The molecule has 1 N–H and O–H groups in total. The minimum Gasteiger partial charge on any atom is -0.465 e. The molecule has 3 rings (SSSR count). The SMILES string of the molecule is COC(=O)c1cccc(N2CCN(C(=O)NCc3ccccc3C)CC2)c1. The zero-order valence-corrected chi connectivity index (χ0v) is 15.8. The topological polar surface area (TPSA) is 61.9 Å². The van der Waals surface area contributed by atoms with Crippen molar-refractivity contribution in [3.8, 4) is 0 Å². The molecule has 0 bridgehead atoms. The average molecular weight is 367 g/mol. The fourth-order valence-electron chi connectivity index (χ4n) is 3.21. The zero-order chi connectivity index (χ0) is 19.2. The van der Waals surface area contributed by atoms with E-state index in [9.17, 15) is 9.59 Å². The smallest absolute Gasteiger partial charge is 0.337 e. The maximum absolute atomic E-state index is 12.4. The van der Waals surface area contributed by atoms with Crippen LogP contribution in [0.15, 0.2) is 48.5 Å². The van der Waals surface area contributed by atoms with Gasteiger partial charge in [0.2, 0.25) is 0 Å². The Labute approximate surface area is 159 Å². The van der Waals surface area contributed by atoms with Gasteiger partial charge in [-0.1, -0.05) is 30.3 Å². The Hall–Kier alpha value is -3.02. The lowest BCUT2D eigenvalue weighted by Crippen LogP contribution is -2.51. The largest absolute Gasteiger partial charge is 0.465 e. The highest BCUT2D eigenvalue weighted by molar-refractivity contribution is 5.90. The molecule has 142 valence electrons. The zero-order valence-electron chi connectivity index (χ0n) is 15.8. The number of esters is 1. The van der Waals surface area contributed by atoms with Crippen LogP contribution in [-0.2, 0) is 11.3 Å². The Balaban J connectivity index is 1.53. The van der Waals surface area contributed by atoms with E-state index < -0.39 is 0 Å². The van der Waals surface area contributed by atoms with Crippen LogP contribution in [-0.4, -0.2) is 50.2 Å². The van der Waals surface area contributed by atoms with Crippen LogP contribution in [0.1, 0.15) is 21.5 Å². The number of hydrogen-bond acceptors (Lipinski definition) is 4. The van der Waals surface area contributed by atoms with Crippen LogP contribution in [0.2, 0.25) is 0 Å². The number of nitrogens with zero attached hydrogens (tertiary/aromatic N) is 2. The van der Waals surface area contributed by atoms with E-state index in [4.69, 9.17) is 4.74 Å². The van der Waals surface area contributed by atoms with Gasteiger partial charge in [0.1, 0.15) is 0 Å². The molecule has 2 amide bonds. The minimum atomic E-state index is -0.342. The van der Waals surface area contributed by atoms with Crippen LogP contribution in [0.3, 0.4) is 0 Å². The van der Waals surface area contributed by atoms with E-state index in [1.165, 1.54) is 12.7 Å². The van der Waals surface area contributed by atoms with Crippen molar-refractivity contribution < 1.29 is 14.3 Å². The van der Waals surface area contributed by atoms with Crippen molar-refractivity contribution in [1.82, 2.24) is 10.2 Å². The van der Waals surface area contributed by atoms with Gasteiger partial charge >= 0.3 is 12.0 Å². The number of carbonyl (C=O) groups excluding carboxylic acids is 2. The van der Waals surface area contributed by atoms with Crippen LogP contribution < -0.4 is 10.2 Å². The number of urea groups is 1. The number of carbonyl (C=O) groups is 2. The third-order valence-electron chi connectivity index (χ3n) is 4.89. The molecule has 0 atom stereocenters. The van der Waals surface area contributed by atoms with Gasteiger partial charge < -0.3 is 19.9 Å². The maximum atomic E-state index is 12.4. The fourth-order valence-corrected chi connectivity index (χ4v) is 3.21. The second kappa shape index (κ2) is 8.58. The number of hydrogen-bond donors (Lipinski definition) is 1. The number of ether oxygens (including phenoxy) is 1. The first-order chi connectivity index (χ1) is 13.1. The number of piperazine rings is 1. The normalized spacial score (nSPS) is 14.0. The van der Waals surface area contributed by atoms with Gasteiger partial charge in [-0.3, -0.25) is 0 Å². The molecule has 0 aliphatic carbocycles. The molecule has 1 aliphatic heterocycles. The fraction of sp³-hybridized carbons (Fsp3) is 0.333. The Morgan fingerprint density at radius 2 is 1.78 bits per heavy atom. The minimum absolute atomic E-state index is 0.0405. The summed E-state index contributed by atoms with van der Waals surface area (Å²) in [5.74, 6) is -0.342. The molecule has 1 fully saturated rings. The Morgan fingerprint density at radius 1 is 1.04 bits per heavy atom. The van der Waals surface area contributed by atoms with Crippen LogP contribution in [0, 0.1) is 6.92 Å². The summed E-state index contributed by atoms with van der Waals surface area (Å²) in [5, 5.41) is 3.00. The number of nitrogens with one attached hydrogen (secondary N) is 1. The van der Waals surface area contributed by atoms with Gasteiger partial charge in [0.05, 0.1) is 12.7 Å². The molecule has 27 heavy (non-hydrogen) atoms. The molecule has 0 unspecified atom stereocenters. The first-order valence-corrected chi connectivity index (χ1v) is 9.09. The molecule has 0 saturated carbocycles. The molecule has 6 heteroatoms. The van der Waals surface area contributed by atoms with Crippen molar-refractivity contribution in [3.63, 3.8) is 0 Å². The van der Waals surface area contributed by atoms with Crippen molar-refractivity contribution >= 4 is 17.7 Å². The lowest BCUT2D eigenvalue weighted by atomic mass is 10.1. The van der Waals surface area contributed by atoms with E-state index in [2.05, 4.69) is 10.2 Å². The third kappa shape index (κ3) is 4.58. The van der Waals surface area contributed by atoms with Crippen molar-refractivity contribution in [1.29, 1.82) is 0 Å². The number of methoxy groups -OCH3 is 1. The predicted octanol–water partition coefficient (Wildman–Crippen LogP) is 2.81. The van der Waals surface area contributed by atoms with Gasteiger partial charge in [0.25, 0.3) is 0 Å². The monoisotopic (exact) mass is 367 g/mol. The average Bonchev–Trinajstić information content (AvgIpc) is 2.72. The van der Waals surface area contributed by atoms with Crippen molar-refractivity contribution in [3.05, 3.63) is 65.2 Å². The molecule has 2 aromatic carbocycles. The van der Waals surface area contributed by atoms with Gasteiger partial charge in [-0.15, -0.1) is 0 Å². The second-order valence-corrected chi connectivity index (χ2v) is 6.60. The summed E-state index contributed by atoms with van der Waals surface area (Å²) >= 11 is 0. The number of amides is 2. The summed E-state index contributed by atoms with van der Waals surface area (Å²) in [4.78, 5) is 28.2. The Bertz CT molecular complexity index is 814. The van der Waals surface area contributed by atoms with E-state index in [1.807, 2.05) is 54.3 Å². The summed E-state index contributed by atoms with van der Waals surface area (Å²) in [7, 11) is 1.38. The molecule has 2 aromatic rings. The van der Waals surface area contributed by atoms with Gasteiger partial charge in [0.15, 0.2) is 0 Å². The summed E-state index contributed by atoms with van der Waals surface area (Å²) < 4.78 is 4.78. The quantitative estimate of drug-likeness (QED) is 0.844. The van der Waals surface area contributed by atoms with Crippen LogP contribution in [0.4, 0.5) is 10.5 Å². The van der Waals surface area contributed by atoms with Crippen LogP contribution in [0.5, 0.6) is 0 Å². The summed E-state index contributed by atoms with van der Waals surface area (Å²) in [6, 6.07) is 15.4. The predicted molar refractivity (Wildman–Crippen MR) is 105 cm³/mol. The van der Waals surface area contributed by atoms with Crippen LogP contribution >= 0.6 is 0 Å². The number of benzene rings is 2. The van der Waals surface area contributed by atoms with Crippen molar-refractivity contribution in [2.45, 2.75) is 13.5 Å². The second-order valence-electron chi connectivity index (χ2n) is 6.60. The summed E-state index contributed by atoms with van der Waals surface area (Å²) in [6.45, 7) is 5.31. The van der Waals surface area contributed by atoms with E-state index in [0.29, 0.717) is 25.2 Å². The Kier molecular flexibility index (Phi) is 5.96. The highest BCUT2D eigenvalue weighted by Crippen LogP contribution is 2.19. The van der Waals surface area contributed by atoms with E-state index in [1.54, 1.807) is 6.07 Å². The standard InChI is InChI=1S/C21H25N3O3/c1-16-6-3-4-7-18(16)15-22-21(26)24-12-10-23(11-13-24)19-9-5-8-17(14-19)20(25)27-2/h3-9,14H,10-13,15H2,1-2H3,(H,22,26). The van der Waals surface area contributed by atoms with Crippen LogP contribution in [0.25, 0.3) is 0 Å².